The smallest absolute Gasteiger partial charge is 0.200 e. The minimum absolute atomic E-state index is 0.0331. The van der Waals surface area contributed by atoms with E-state index in [1.165, 1.54) is 18.3 Å². The largest absolute Gasteiger partial charge is 0.484 e. The SMILES string of the molecule is Nc1ccnc(COc2cccc(F)c2F)c1. The first-order valence-electron chi connectivity index (χ1n) is 4.94. The van der Waals surface area contributed by atoms with Crippen molar-refractivity contribution in [1.29, 1.82) is 0 Å². The third-order valence-corrected chi connectivity index (χ3v) is 2.13. The Bertz CT molecular complexity index is 532. The second kappa shape index (κ2) is 4.78. The Labute approximate surface area is 96.9 Å². The summed E-state index contributed by atoms with van der Waals surface area (Å²) in [6.07, 6.45) is 1.52. The van der Waals surface area contributed by atoms with Crippen molar-refractivity contribution in [1.82, 2.24) is 4.98 Å². The summed E-state index contributed by atoms with van der Waals surface area (Å²) in [5, 5.41) is 0. The molecule has 0 amide bonds. The molecular weight excluding hydrogens is 226 g/mol. The molecule has 88 valence electrons. The van der Waals surface area contributed by atoms with Crippen LogP contribution in [0.5, 0.6) is 5.75 Å². The van der Waals surface area contributed by atoms with Crippen LogP contribution in [0, 0.1) is 11.6 Å². The molecule has 0 saturated carbocycles. The highest BCUT2D eigenvalue weighted by Gasteiger charge is 2.08. The second-order valence-corrected chi connectivity index (χ2v) is 3.42. The summed E-state index contributed by atoms with van der Waals surface area (Å²) in [6, 6.07) is 7.00. The van der Waals surface area contributed by atoms with Gasteiger partial charge in [0, 0.05) is 11.9 Å². The maximum Gasteiger partial charge on any atom is 0.200 e. The van der Waals surface area contributed by atoms with Crippen LogP contribution in [0.25, 0.3) is 0 Å². The van der Waals surface area contributed by atoms with Gasteiger partial charge in [-0.1, -0.05) is 6.07 Å². The van der Waals surface area contributed by atoms with Gasteiger partial charge in [-0.15, -0.1) is 0 Å². The fraction of sp³-hybridized carbons (Fsp3) is 0.0833. The molecule has 0 unspecified atom stereocenters. The van der Waals surface area contributed by atoms with Crippen molar-refractivity contribution in [3.63, 3.8) is 0 Å². The number of rotatable bonds is 3. The summed E-state index contributed by atoms with van der Waals surface area (Å²) in [6.45, 7) is 0.0331. The monoisotopic (exact) mass is 236 g/mol. The first-order valence-corrected chi connectivity index (χ1v) is 4.94. The maximum atomic E-state index is 13.2. The number of halogens is 2. The van der Waals surface area contributed by atoms with Gasteiger partial charge >= 0.3 is 0 Å². The molecule has 0 fully saturated rings. The van der Waals surface area contributed by atoms with Crippen molar-refractivity contribution in [3.8, 4) is 5.75 Å². The molecule has 17 heavy (non-hydrogen) atoms. The summed E-state index contributed by atoms with van der Waals surface area (Å²) in [5.41, 5.74) is 6.64. The highest BCUT2D eigenvalue weighted by molar-refractivity contribution is 5.37. The molecule has 1 aromatic carbocycles. The number of pyridine rings is 1. The van der Waals surface area contributed by atoms with E-state index in [4.69, 9.17) is 10.5 Å². The van der Waals surface area contributed by atoms with Crippen LogP contribution in [0.2, 0.25) is 0 Å². The molecule has 3 nitrogen and oxygen atoms in total. The molecule has 2 aromatic rings. The Morgan fingerprint density at radius 2 is 2.06 bits per heavy atom. The zero-order valence-electron chi connectivity index (χ0n) is 8.86. The first kappa shape index (κ1) is 11.3. The van der Waals surface area contributed by atoms with E-state index in [0.717, 1.165) is 6.07 Å². The van der Waals surface area contributed by atoms with Crippen molar-refractivity contribution in [2.24, 2.45) is 0 Å². The zero-order chi connectivity index (χ0) is 12.3. The lowest BCUT2D eigenvalue weighted by Gasteiger charge is -2.07. The summed E-state index contributed by atoms with van der Waals surface area (Å²) >= 11 is 0. The predicted octanol–water partition coefficient (Wildman–Crippen LogP) is 2.52. The van der Waals surface area contributed by atoms with Gasteiger partial charge in [0.15, 0.2) is 11.6 Å². The number of aromatic nitrogens is 1. The van der Waals surface area contributed by atoms with Gasteiger partial charge < -0.3 is 10.5 Å². The first-order chi connectivity index (χ1) is 8.16. The average Bonchev–Trinajstić information content (AvgIpc) is 2.31. The number of anilines is 1. The quantitative estimate of drug-likeness (QED) is 0.890. The molecule has 2 N–H and O–H groups in total. The fourth-order valence-corrected chi connectivity index (χ4v) is 1.32. The molecule has 0 atom stereocenters. The molecule has 1 heterocycles. The number of hydrogen-bond acceptors (Lipinski definition) is 3. The minimum atomic E-state index is -1.00. The molecule has 0 aliphatic heterocycles. The van der Waals surface area contributed by atoms with E-state index >= 15 is 0 Å². The van der Waals surface area contributed by atoms with Gasteiger partial charge in [-0.3, -0.25) is 4.98 Å². The van der Waals surface area contributed by atoms with Crippen molar-refractivity contribution in [2.75, 3.05) is 5.73 Å². The Morgan fingerprint density at radius 1 is 1.24 bits per heavy atom. The molecule has 0 bridgehead atoms. The van der Waals surface area contributed by atoms with Crippen LogP contribution >= 0.6 is 0 Å². The van der Waals surface area contributed by atoms with E-state index in [-0.39, 0.29) is 12.4 Å². The lowest BCUT2D eigenvalue weighted by Crippen LogP contribution is -2.01. The summed E-state index contributed by atoms with van der Waals surface area (Å²) < 4.78 is 31.2. The highest BCUT2D eigenvalue weighted by atomic mass is 19.2. The summed E-state index contributed by atoms with van der Waals surface area (Å²) in [7, 11) is 0. The third-order valence-electron chi connectivity index (χ3n) is 2.13. The second-order valence-electron chi connectivity index (χ2n) is 3.42. The minimum Gasteiger partial charge on any atom is -0.484 e. The van der Waals surface area contributed by atoms with Crippen molar-refractivity contribution < 1.29 is 13.5 Å². The van der Waals surface area contributed by atoms with Gasteiger partial charge in [0.1, 0.15) is 6.61 Å². The Balaban J connectivity index is 2.10. The number of benzene rings is 1. The molecule has 5 heteroatoms. The maximum absolute atomic E-state index is 13.2. The fourth-order valence-electron chi connectivity index (χ4n) is 1.32. The van der Waals surface area contributed by atoms with Gasteiger partial charge in [0.25, 0.3) is 0 Å². The number of nitrogens with two attached hydrogens (primary N) is 1. The average molecular weight is 236 g/mol. The van der Waals surface area contributed by atoms with Crippen LogP contribution in [0.3, 0.4) is 0 Å². The normalized spacial score (nSPS) is 10.2. The Kier molecular flexibility index (Phi) is 3.18. The zero-order valence-corrected chi connectivity index (χ0v) is 8.86. The molecule has 1 aromatic heterocycles. The van der Waals surface area contributed by atoms with Gasteiger partial charge in [0.2, 0.25) is 5.82 Å². The van der Waals surface area contributed by atoms with E-state index in [9.17, 15) is 8.78 Å². The van der Waals surface area contributed by atoms with Crippen LogP contribution in [-0.2, 0) is 6.61 Å². The van der Waals surface area contributed by atoms with E-state index < -0.39 is 11.6 Å². The van der Waals surface area contributed by atoms with Crippen LogP contribution in [0.4, 0.5) is 14.5 Å². The number of hydrogen-bond donors (Lipinski definition) is 1. The van der Waals surface area contributed by atoms with Gasteiger partial charge in [-0.2, -0.15) is 4.39 Å². The molecule has 0 aliphatic carbocycles. The summed E-state index contributed by atoms with van der Waals surface area (Å²) in [4.78, 5) is 3.99. The van der Waals surface area contributed by atoms with Gasteiger partial charge in [-0.05, 0) is 24.3 Å². The topological polar surface area (TPSA) is 48.1 Å². The predicted molar refractivity (Wildman–Crippen MR) is 59.3 cm³/mol. The lowest BCUT2D eigenvalue weighted by atomic mass is 10.3. The molecule has 2 rings (SSSR count). The van der Waals surface area contributed by atoms with Crippen molar-refractivity contribution in [3.05, 3.63) is 53.9 Å². The van der Waals surface area contributed by atoms with Gasteiger partial charge in [0.05, 0.1) is 5.69 Å². The van der Waals surface area contributed by atoms with Crippen LogP contribution in [0.15, 0.2) is 36.5 Å². The van der Waals surface area contributed by atoms with Crippen molar-refractivity contribution >= 4 is 5.69 Å². The van der Waals surface area contributed by atoms with Crippen LogP contribution in [-0.4, -0.2) is 4.98 Å². The summed E-state index contributed by atoms with van der Waals surface area (Å²) in [5.74, 6) is -2.09. The van der Waals surface area contributed by atoms with E-state index in [1.807, 2.05) is 0 Å². The lowest BCUT2D eigenvalue weighted by molar-refractivity contribution is 0.280. The third kappa shape index (κ3) is 2.69. The highest BCUT2D eigenvalue weighted by Crippen LogP contribution is 2.20. The molecule has 0 spiro atoms. The van der Waals surface area contributed by atoms with Gasteiger partial charge in [-0.25, -0.2) is 4.39 Å². The molecule has 0 saturated heterocycles. The van der Waals surface area contributed by atoms with Crippen LogP contribution in [0.1, 0.15) is 5.69 Å². The number of nitrogens with zero attached hydrogens (tertiary/aromatic N) is 1. The number of nitrogen functional groups attached to an aromatic ring is 1. The Morgan fingerprint density at radius 3 is 2.82 bits per heavy atom. The van der Waals surface area contributed by atoms with E-state index in [1.54, 1.807) is 12.1 Å². The molecule has 0 radical (unpaired) electrons. The van der Waals surface area contributed by atoms with E-state index in [2.05, 4.69) is 4.98 Å². The molecule has 0 aliphatic rings. The number of ether oxygens (including phenoxy) is 1. The molecular formula is C12H10F2N2O. The standard InChI is InChI=1S/C12H10F2N2O/c13-10-2-1-3-11(12(10)14)17-7-9-6-8(15)4-5-16-9/h1-6H,7H2,(H2,15,16). The Hall–Kier alpha value is -2.17. The van der Waals surface area contributed by atoms with E-state index in [0.29, 0.717) is 11.4 Å². The van der Waals surface area contributed by atoms with Crippen molar-refractivity contribution in [2.45, 2.75) is 6.61 Å². The van der Waals surface area contributed by atoms with Crippen LogP contribution < -0.4 is 10.5 Å².